The summed E-state index contributed by atoms with van der Waals surface area (Å²) in [6, 6.07) is 1.56. The fourth-order valence-corrected chi connectivity index (χ4v) is 1.58. The zero-order valence-corrected chi connectivity index (χ0v) is 10.6. The number of amides is 1. The lowest BCUT2D eigenvalue weighted by atomic mass is 10.1. The van der Waals surface area contributed by atoms with Crippen molar-refractivity contribution in [2.24, 2.45) is 0 Å². The zero-order chi connectivity index (χ0) is 15.3. The number of aliphatic carboxylic acids is 1. The van der Waals surface area contributed by atoms with Crippen molar-refractivity contribution in [2.75, 3.05) is 0 Å². The lowest BCUT2D eigenvalue weighted by Crippen LogP contribution is -2.40. The van der Waals surface area contributed by atoms with Gasteiger partial charge in [0, 0.05) is 11.6 Å². The van der Waals surface area contributed by atoms with Gasteiger partial charge in [0.2, 0.25) is 5.82 Å². The van der Waals surface area contributed by atoms with Gasteiger partial charge < -0.3 is 10.4 Å². The molecule has 8 heteroatoms. The Morgan fingerprint density at radius 3 is 2.60 bits per heavy atom. The molecular weight excluding hydrogens is 271 g/mol. The molecule has 0 aliphatic rings. The Morgan fingerprint density at radius 2 is 2.15 bits per heavy atom. The van der Waals surface area contributed by atoms with Crippen LogP contribution in [0.1, 0.15) is 30.1 Å². The lowest BCUT2D eigenvalue weighted by Gasteiger charge is -2.13. The van der Waals surface area contributed by atoms with E-state index in [2.05, 4.69) is 5.32 Å². The van der Waals surface area contributed by atoms with E-state index in [0.717, 1.165) is 12.1 Å². The molecule has 0 unspecified atom stereocenters. The minimum Gasteiger partial charge on any atom is -0.480 e. The summed E-state index contributed by atoms with van der Waals surface area (Å²) >= 11 is 0. The van der Waals surface area contributed by atoms with Crippen LogP contribution in [0.15, 0.2) is 18.2 Å². The maximum absolute atomic E-state index is 13.4. The monoisotopic (exact) mass is 284 g/mol. The van der Waals surface area contributed by atoms with Crippen LogP contribution in [0.4, 0.5) is 10.1 Å². The largest absolute Gasteiger partial charge is 0.480 e. The highest BCUT2D eigenvalue weighted by molar-refractivity contribution is 5.96. The molecule has 0 aromatic heterocycles. The average molecular weight is 284 g/mol. The number of rotatable bonds is 6. The van der Waals surface area contributed by atoms with E-state index in [0.29, 0.717) is 12.5 Å². The summed E-state index contributed by atoms with van der Waals surface area (Å²) in [6.07, 6.45) is 0.780. The second-order valence-corrected chi connectivity index (χ2v) is 4.08. The number of nitrogens with one attached hydrogen (secondary N) is 1. The van der Waals surface area contributed by atoms with Crippen molar-refractivity contribution in [1.82, 2.24) is 5.32 Å². The van der Waals surface area contributed by atoms with Gasteiger partial charge in [0.15, 0.2) is 0 Å². The number of carboxylic acid groups (broad SMARTS) is 1. The second-order valence-electron chi connectivity index (χ2n) is 4.08. The SMILES string of the molecule is CCC[C@H](NC(=O)c1ccc([N+](=O)[O-])c(F)c1)C(=O)O. The number of carbonyl (C=O) groups excluding carboxylic acids is 1. The van der Waals surface area contributed by atoms with Crippen molar-refractivity contribution in [3.63, 3.8) is 0 Å². The number of carboxylic acids is 1. The number of hydrogen-bond acceptors (Lipinski definition) is 4. The minimum absolute atomic E-state index is 0.171. The molecule has 0 aliphatic heterocycles. The van der Waals surface area contributed by atoms with Crippen LogP contribution in [0.25, 0.3) is 0 Å². The quantitative estimate of drug-likeness (QED) is 0.610. The summed E-state index contributed by atoms with van der Waals surface area (Å²) in [5.41, 5.74) is -0.916. The summed E-state index contributed by atoms with van der Waals surface area (Å²) in [6.45, 7) is 1.76. The Morgan fingerprint density at radius 1 is 1.50 bits per heavy atom. The molecule has 1 amide bonds. The molecule has 1 aromatic rings. The highest BCUT2D eigenvalue weighted by Crippen LogP contribution is 2.18. The molecule has 0 saturated heterocycles. The highest BCUT2D eigenvalue weighted by Gasteiger charge is 2.21. The van der Waals surface area contributed by atoms with Crippen molar-refractivity contribution in [3.05, 3.63) is 39.7 Å². The molecule has 20 heavy (non-hydrogen) atoms. The standard InChI is InChI=1S/C12H13FN2O5/c1-2-3-9(12(17)18)14-11(16)7-4-5-10(15(19)20)8(13)6-7/h4-6,9H,2-3H2,1H3,(H,14,16)(H,17,18)/t9-/m0/s1. The highest BCUT2D eigenvalue weighted by atomic mass is 19.1. The van der Waals surface area contributed by atoms with Gasteiger partial charge >= 0.3 is 11.7 Å². The van der Waals surface area contributed by atoms with E-state index in [1.54, 1.807) is 6.92 Å². The minimum atomic E-state index is -1.19. The van der Waals surface area contributed by atoms with E-state index in [1.165, 1.54) is 0 Å². The first-order valence-corrected chi connectivity index (χ1v) is 5.84. The van der Waals surface area contributed by atoms with Gasteiger partial charge in [-0.15, -0.1) is 0 Å². The van der Waals surface area contributed by atoms with Crippen LogP contribution in [-0.2, 0) is 4.79 Å². The average Bonchev–Trinajstić information content (AvgIpc) is 2.37. The predicted molar refractivity (Wildman–Crippen MR) is 66.9 cm³/mol. The molecule has 108 valence electrons. The number of carbonyl (C=O) groups is 2. The second kappa shape index (κ2) is 6.60. The van der Waals surface area contributed by atoms with E-state index >= 15 is 0 Å². The molecule has 1 aromatic carbocycles. The lowest BCUT2D eigenvalue weighted by molar-refractivity contribution is -0.387. The molecule has 0 spiro atoms. The van der Waals surface area contributed by atoms with Crippen molar-refractivity contribution in [1.29, 1.82) is 0 Å². The normalized spacial score (nSPS) is 11.7. The summed E-state index contributed by atoms with van der Waals surface area (Å²) in [5, 5.41) is 21.6. The first kappa shape index (κ1) is 15.5. The van der Waals surface area contributed by atoms with Gasteiger partial charge in [-0.05, 0) is 18.6 Å². The van der Waals surface area contributed by atoms with E-state index in [-0.39, 0.29) is 12.0 Å². The van der Waals surface area contributed by atoms with Gasteiger partial charge in [-0.3, -0.25) is 14.9 Å². The maximum Gasteiger partial charge on any atom is 0.326 e. The molecule has 1 rings (SSSR count). The molecule has 0 saturated carbocycles. The van der Waals surface area contributed by atoms with Crippen LogP contribution in [0, 0.1) is 15.9 Å². The molecule has 0 radical (unpaired) electrons. The number of nitro groups is 1. The number of nitrogens with zero attached hydrogens (tertiary/aromatic N) is 1. The molecule has 7 nitrogen and oxygen atoms in total. The van der Waals surface area contributed by atoms with Gasteiger partial charge in [-0.25, -0.2) is 4.79 Å². The van der Waals surface area contributed by atoms with Crippen molar-refractivity contribution in [2.45, 2.75) is 25.8 Å². The Balaban J connectivity index is 2.90. The third-order valence-electron chi connectivity index (χ3n) is 2.59. The molecule has 0 bridgehead atoms. The maximum atomic E-state index is 13.4. The summed E-state index contributed by atoms with van der Waals surface area (Å²) in [5.74, 6) is -3.13. The first-order chi connectivity index (χ1) is 9.36. The third-order valence-corrected chi connectivity index (χ3v) is 2.59. The van der Waals surface area contributed by atoms with Gasteiger partial charge in [0.05, 0.1) is 4.92 Å². The fraction of sp³-hybridized carbons (Fsp3) is 0.333. The van der Waals surface area contributed by atoms with Gasteiger partial charge in [-0.1, -0.05) is 13.3 Å². The number of benzene rings is 1. The van der Waals surface area contributed by atoms with Crippen LogP contribution in [0.2, 0.25) is 0 Å². The Bertz CT molecular complexity index is 547. The van der Waals surface area contributed by atoms with Crippen LogP contribution >= 0.6 is 0 Å². The summed E-state index contributed by atoms with van der Waals surface area (Å²) in [7, 11) is 0. The smallest absolute Gasteiger partial charge is 0.326 e. The van der Waals surface area contributed by atoms with Crippen LogP contribution in [0.5, 0.6) is 0 Å². The van der Waals surface area contributed by atoms with Crippen molar-refractivity contribution >= 4 is 17.6 Å². The zero-order valence-electron chi connectivity index (χ0n) is 10.6. The van der Waals surface area contributed by atoms with Crippen LogP contribution in [0.3, 0.4) is 0 Å². The van der Waals surface area contributed by atoms with Gasteiger partial charge in [0.1, 0.15) is 6.04 Å². The molecular formula is C12H13FN2O5. The molecule has 0 aliphatic carbocycles. The topological polar surface area (TPSA) is 110 Å². The number of hydrogen-bond donors (Lipinski definition) is 2. The first-order valence-electron chi connectivity index (χ1n) is 5.84. The summed E-state index contributed by atoms with van der Waals surface area (Å²) < 4.78 is 13.4. The van der Waals surface area contributed by atoms with Crippen molar-refractivity contribution in [3.8, 4) is 0 Å². The van der Waals surface area contributed by atoms with Gasteiger partial charge in [0.25, 0.3) is 5.91 Å². The molecule has 0 heterocycles. The fourth-order valence-electron chi connectivity index (χ4n) is 1.58. The molecule has 2 N–H and O–H groups in total. The van der Waals surface area contributed by atoms with Crippen LogP contribution < -0.4 is 5.32 Å². The Hall–Kier alpha value is -2.51. The molecule has 0 fully saturated rings. The third kappa shape index (κ3) is 3.74. The van der Waals surface area contributed by atoms with Gasteiger partial charge in [-0.2, -0.15) is 4.39 Å². The summed E-state index contributed by atoms with van der Waals surface area (Å²) in [4.78, 5) is 32.2. The Labute approximate surface area is 113 Å². The van der Waals surface area contributed by atoms with E-state index in [9.17, 15) is 24.1 Å². The van der Waals surface area contributed by atoms with E-state index in [4.69, 9.17) is 5.11 Å². The number of nitro benzene ring substituents is 1. The Kier molecular flexibility index (Phi) is 5.13. The van der Waals surface area contributed by atoms with Crippen LogP contribution in [-0.4, -0.2) is 27.9 Å². The number of halogens is 1. The predicted octanol–water partition coefficient (Wildman–Crippen LogP) is 1.72. The molecule has 1 atom stereocenters. The van der Waals surface area contributed by atoms with Crippen molar-refractivity contribution < 1.29 is 24.0 Å². The van der Waals surface area contributed by atoms with E-state index < -0.39 is 34.3 Å². The van der Waals surface area contributed by atoms with E-state index in [1.807, 2.05) is 0 Å².